The number of amides is 1. The third-order valence-corrected chi connectivity index (χ3v) is 7.47. The summed E-state index contributed by atoms with van der Waals surface area (Å²) < 4.78 is 39.8. The molecule has 9 heteroatoms. The van der Waals surface area contributed by atoms with Crippen molar-refractivity contribution in [2.75, 3.05) is 13.1 Å². The number of rotatable bonds is 7. The number of benzene rings is 1. The summed E-state index contributed by atoms with van der Waals surface area (Å²) in [6, 6.07) is 11.4. The van der Waals surface area contributed by atoms with Crippen LogP contribution < -0.4 is 0 Å². The summed E-state index contributed by atoms with van der Waals surface area (Å²) >= 11 is 1.64. The van der Waals surface area contributed by atoms with Gasteiger partial charge in [-0.25, -0.2) is 4.98 Å². The SMILES string of the molecule is Cc1cc(C(F)(F)F)nn1CC(=O)N1CCC(c2nc(C=CCC(C)c3ccccc3)cs2)CC1. The first-order valence-electron chi connectivity index (χ1n) is 11.8. The molecule has 4 rings (SSSR count). The van der Waals surface area contributed by atoms with Crippen molar-refractivity contribution in [1.29, 1.82) is 0 Å². The molecule has 1 aromatic carbocycles. The van der Waals surface area contributed by atoms with E-state index in [1.807, 2.05) is 6.07 Å². The van der Waals surface area contributed by atoms with E-state index < -0.39 is 11.9 Å². The number of hydrogen-bond donors (Lipinski definition) is 0. The van der Waals surface area contributed by atoms with Crippen LogP contribution in [0.1, 0.15) is 65.7 Å². The number of carbonyl (C=O) groups excluding carboxylic acids is 1. The molecule has 3 aromatic rings. The predicted molar refractivity (Wildman–Crippen MR) is 131 cm³/mol. The molecule has 0 bridgehead atoms. The highest BCUT2D eigenvalue weighted by Gasteiger charge is 2.35. The molecule has 2 aromatic heterocycles. The molecule has 35 heavy (non-hydrogen) atoms. The number of likely N-dealkylation sites (tertiary alicyclic amines) is 1. The van der Waals surface area contributed by atoms with E-state index in [9.17, 15) is 18.0 Å². The number of thiazole rings is 1. The molecule has 0 spiro atoms. The highest BCUT2D eigenvalue weighted by atomic mass is 32.1. The van der Waals surface area contributed by atoms with Crippen LogP contribution in [0.25, 0.3) is 6.08 Å². The second kappa shape index (κ2) is 10.8. The Bertz CT molecular complexity index is 1160. The number of carbonyl (C=O) groups is 1. The van der Waals surface area contributed by atoms with Gasteiger partial charge in [-0.15, -0.1) is 11.3 Å². The molecule has 1 aliphatic heterocycles. The summed E-state index contributed by atoms with van der Waals surface area (Å²) in [5.41, 5.74) is 1.63. The van der Waals surface area contributed by atoms with Gasteiger partial charge in [0, 0.05) is 30.1 Å². The first kappa shape index (κ1) is 25.2. The van der Waals surface area contributed by atoms with Crippen LogP contribution in [0.2, 0.25) is 0 Å². The van der Waals surface area contributed by atoms with E-state index in [4.69, 9.17) is 4.98 Å². The first-order chi connectivity index (χ1) is 16.7. The van der Waals surface area contributed by atoms with Crippen molar-refractivity contribution in [3.8, 4) is 0 Å². The number of allylic oxidation sites excluding steroid dienone is 1. The van der Waals surface area contributed by atoms with E-state index in [0.717, 1.165) is 40.7 Å². The Morgan fingerprint density at radius 2 is 1.94 bits per heavy atom. The van der Waals surface area contributed by atoms with Crippen molar-refractivity contribution >= 4 is 23.3 Å². The summed E-state index contributed by atoms with van der Waals surface area (Å²) in [5, 5.41) is 6.70. The predicted octanol–water partition coefficient (Wildman–Crippen LogP) is 6.28. The molecule has 1 amide bonds. The smallest absolute Gasteiger partial charge is 0.341 e. The average Bonchev–Trinajstić information content (AvgIpc) is 3.46. The zero-order chi connectivity index (χ0) is 25.0. The number of piperidine rings is 1. The van der Waals surface area contributed by atoms with Crippen LogP contribution in [-0.4, -0.2) is 38.7 Å². The third kappa shape index (κ3) is 6.39. The lowest BCUT2D eigenvalue weighted by molar-refractivity contribution is -0.142. The van der Waals surface area contributed by atoms with Gasteiger partial charge in [0.2, 0.25) is 5.91 Å². The van der Waals surface area contributed by atoms with Crippen LogP contribution in [0.4, 0.5) is 13.2 Å². The van der Waals surface area contributed by atoms with Gasteiger partial charge in [-0.2, -0.15) is 18.3 Å². The molecule has 1 fully saturated rings. The largest absolute Gasteiger partial charge is 0.435 e. The Morgan fingerprint density at radius 3 is 2.60 bits per heavy atom. The lowest BCUT2D eigenvalue weighted by Gasteiger charge is -2.31. The molecule has 3 heterocycles. The molecule has 1 atom stereocenters. The number of nitrogens with zero attached hydrogens (tertiary/aromatic N) is 4. The molecule has 0 aliphatic carbocycles. The molecule has 0 N–H and O–H groups in total. The highest BCUT2D eigenvalue weighted by Crippen LogP contribution is 2.31. The van der Waals surface area contributed by atoms with Gasteiger partial charge < -0.3 is 4.90 Å². The van der Waals surface area contributed by atoms with Gasteiger partial charge in [0.15, 0.2) is 5.69 Å². The maximum absolute atomic E-state index is 12.9. The van der Waals surface area contributed by atoms with Crippen LogP contribution in [0.5, 0.6) is 0 Å². The van der Waals surface area contributed by atoms with Gasteiger partial charge in [0.05, 0.1) is 10.7 Å². The van der Waals surface area contributed by atoms with E-state index >= 15 is 0 Å². The maximum Gasteiger partial charge on any atom is 0.435 e. The van der Waals surface area contributed by atoms with Crippen molar-refractivity contribution in [3.05, 3.63) is 75.5 Å². The van der Waals surface area contributed by atoms with Crippen LogP contribution >= 0.6 is 11.3 Å². The van der Waals surface area contributed by atoms with Gasteiger partial charge in [0.1, 0.15) is 6.54 Å². The van der Waals surface area contributed by atoms with E-state index in [0.29, 0.717) is 24.7 Å². The summed E-state index contributed by atoms with van der Waals surface area (Å²) in [4.78, 5) is 19.2. The number of halogens is 3. The Balaban J connectivity index is 1.27. The number of aromatic nitrogens is 3. The zero-order valence-corrected chi connectivity index (χ0v) is 20.6. The molecule has 0 radical (unpaired) electrons. The fraction of sp³-hybridized carbons (Fsp3) is 0.423. The summed E-state index contributed by atoms with van der Waals surface area (Å²) in [7, 11) is 0. The molecule has 5 nitrogen and oxygen atoms in total. The Hall–Kier alpha value is -2.94. The normalized spacial score (nSPS) is 16.2. The Labute approximate surface area is 207 Å². The molecule has 0 saturated carbocycles. The fourth-order valence-corrected chi connectivity index (χ4v) is 5.25. The Morgan fingerprint density at radius 1 is 1.23 bits per heavy atom. The number of hydrogen-bond acceptors (Lipinski definition) is 4. The van der Waals surface area contributed by atoms with Crippen LogP contribution in [0.3, 0.4) is 0 Å². The number of aryl methyl sites for hydroxylation is 1. The molecule has 186 valence electrons. The minimum atomic E-state index is -4.51. The van der Waals surface area contributed by atoms with Crippen molar-refractivity contribution in [1.82, 2.24) is 19.7 Å². The van der Waals surface area contributed by atoms with Gasteiger partial charge in [0.25, 0.3) is 0 Å². The second-order valence-corrected chi connectivity index (χ2v) is 9.93. The van der Waals surface area contributed by atoms with Gasteiger partial charge in [-0.05, 0) is 49.8 Å². The summed E-state index contributed by atoms with van der Waals surface area (Å²) in [6.07, 6.45) is 2.24. The van der Waals surface area contributed by atoms with E-state index in [-0.39, 0.29) is 18.4 Å². The fourth-order valence-electron chi connectivity index (χ4n) is 4.29. The van der Waals surface area contributed by atoms with Gasteiger partial charge in [-0.3, -0.25) is 9.48 Å². The van der Waals surface area contributed by atoms with Gasteiger partial charge >= 0.3 is 6.18 Å². The standard InChI is InChI=1S/C26H29F3N4OS/c1-18(20-8-4-3-5-9-20)7-6-10-22-17-35-25(30-22)21-11-13-32(14-12-21)24(34)16-33-19(2)15-23(31-33)26(27,28)29/h3-6,8-10,15,17-18,21H,7,11-14,16H2,1-2H3. The van der Waals surface area contributed by atoms with Crippen molar-refractivity contribution in [2.24, 2.45) is 0 Å². The van der Waals surface area contributed by atoms with Crippen LogP contribution in [0, 0.1) is 6.92 Å². The molecule has 1 unspecified atom stereocenters. The van der Waals surface area contributed by atoms with Crippen LogP contribution in [0.15, 0.2) is 47.9 Å². The first-order valence-corrected chi connectivity index (χ1v) is 12.6. The lowest BCUT2D eigenvalue weighted by Crippen LogP contribution is -2.40. The maximum atomic E-state index is 12.9. The molecule has 1 aliphatic rings. The van der Waals surface area contributed by atoms with Gasteiger partial charge in [-0.1, -0.05) is 43.3 Å². The topological polar surface area (TPSA) is 51.0 Å². The van der Waals surface area contributed by atoms with E-state index in [2.05, 4.69) is 53.8 Å². The van der Waals surface area contributed by atoms with E-state index in [1.54, 1.807) is 16.2 Å². The van der Waals surface area contributed by atoms with Crippen molar-refractivity contribution in [3.63, 3.8) is 0 Å². The quantitative estimate of drug-likeness (QED) is 0.382. The summed E-state index contributed by atoms with van der Waals surface area (Å²) in [5.74, 6) is 0.523. The molecular formula is C26H29F3N4OS. The second-order valence-electron chi connectivity index (χ2n) is 9.04. The van der Waals surface area contributed by atoms with Crippen molar-refractivity contribution in [2.45, 2.75) is 57.7 Å². The minimum absolute atomic E-state index is 0.180. The van der Waals surface area contributed by atoms with Crippen LogP contribution in [-0.2, 0) is 17.5 Å². The highest BCUT2D eigenvalue weighted by molar-refractivity contribution is 7.09. The third-order valence-electron chi connectivity index (χ3n) is 6.44. The number of alkyl halides is 3. The molecule has 1 saturated heterocycles. The average molecular weight is 503 g/mol. The Kier molecular flexibility index (Phi) is 7.74. The van der Waals surface area contributed by atoms with E-state index in [1.165, 1.54) is 12.5 Å². The molecular weight excluding hydrogens is 473 g/mol. The monoisotopic (exact) mass is 502 g/mol. The minimum Gasteiger partial charge on any atom is -0.341 e. The lowest BCUT2D eigenvalue weighted by atomic mass is 9.97. The van der Waals surface area contributed by atoms with Crippen molar-refractivity contribution < 1.29 is 18.0 Å². The zero-order valence-electron chi connectivity index (χ0n) is 19.8. The summed E-state index contributed by atoms with van der Waals surface area (Å²) in [6.45, 7) is 4.69.